The Hall–Kier alpha value is -4.19. The summed E-state index contributed by atoms with van der Waals surface area (Å²) in [6.45, 7) is 1.63. The van der Waals surface area contributed by atoms with Crippen LogP contribution in [0.2, 0.25) is 0 Å². The fraction of sp³-hybridized carbons (Fsp3) is 0.148. The highest BCUT2D eigenvalue weighted by Gasteiger charge is 2.55. The molecule has 0 saturated carbocycles. The van der Waals surface area contributed by atoms with Gasteiger partial charge in [0.2, 0.25) is 0 Å². The van der Waals surface area contributed by atoms with Crippen LogP contribution >= 0.6 is 0 Å². The third kappa shape index (κ3) is 3.14. The number of ether oxygens (including phenoxy) is 1. The maximum atomic E-state index is 13.6. The van der Waals surface area contributed by atoms with Crippen LogP contribution in [0.3, 0.4) is 0 Å². The molecule has 0 bridgehead atoms. The van der Waals surface area contributed by atoms with Crippen LogP contribution < -0.4 is 10.4 Å². The van der Waals surface area contributed by atoms with Crippen LogP contribution in [0.15, 0.2) is 94.1 Å². The summed E-state index contributed by atoms with van der Waals surface area (Å²) >= 11 is 0. The highest BCUT2D eigenvalue weighted by Crippen LogP contribution is 2.47. The van der Waals surface area contributed by atoms with Gasteiger partial charge in [0.1, 0.15) is 11.1 Å². The summed E-state index contributed by atoms with van der Waals surface area (Å²) < 4.78 is 11.4. The molecule has 0 saturated heterocycles. The number of hydrogen-bond acceptors (Lipinski definition) is 5. The quantitative estimate of drug-likeness (QED) is 0.350. The van der Waals surface area contributed by atoms with E-state index in [9.17, 15) is 14.4 Å². The van der Waals surface area contributed by atoms with Crippen molar-refractivity contribution in [3.8, 4) is 5.75 Å². The number of hydrogen-bond donors (Lipinski definition) is 0. The van der Waals surface area contributed by atoms with Crippen LogP contribution in [0.4, 0.5) is 0 Å². The van der Waals surface area contributed by atoms with Gasteiger partial charge in [0, 0.05) is 12.6 Å². The first-order valence-corrected chi connectivity index (χ1v) is 10.6. The van der Waals surface area contributed by atoms with Gasteiger partial charge in [0.15, 0.2) is 5.75 Å². The normalized spacial score (nSPS) is 19.6. The molecule has 164 valence electrons. The molecule has 0 fully saturated rings. The van der Waals surface area contributed by atoms with Gasteiger partial charge in [-0.05, 0) is 36.8 Å². The second kappa shape index (κ2) is 7.74. The Morgan fingerprint density at radius 1 is 0.879 bits per heavy atom. The number of carbonyl (C=O) groups is 2. The van der Waals surface area contributed by atoms with E-state index in [4.69, 9.17) is 9.15 Å². The van der Waals surface area contributed by atoms with Gasteiger partial charge in [0.25, 0.3) is 5.91 Å². The van der Waals surface area contributed by atoms with Crippen LogP contribution in [0, 0.1) is 0 Å². The molecular weight excluding hydrogens is 418 g/mol. The molecule has 0 aliphatic carbocycles. The maximum Gasteiger partial charge on any atom is 0.343 e. The number of carbonyl (C=O) groups excluding carboxylic acids is 2. The molecule has 6 heteroatoms. The largest absolute Gasteiger partial charge is 0.423 e. The zero-order valence-electron chi connectivity index (χ0n) is 18.1. The highest BCUT2D eigenvalue weighted by molar-refractivity contribution is 6.01. The fourth-order valence-electron chi connectivity index (χ4n) is 4.54. The van der Waals surface area contributed by atoms with Crippen molar-refractivity contribution in [2.45, 2.75) is 18.4 Å². The van der Waals surface area contributed by atoms with Crippen molar-refractivity contribution in [1.29, 1.82) is 0 Å². The SMILES string of the molecule is CN(C(=O)c1ccccc1)[C@@]1(C)C(=O)Oc2c(c(=O)oc3ccccc23)[C@@H]1c1ccccc1. The Bertz CT molecular complexity index is 1430. The molecule has 0 radical (unpaired) electrons. The Balaban J connectivity index is 1.78. The lowest BCUT2D eigenvalue weighted by atomic mass is 9.73. The summed E-state index contributed by atoms with van der Waals surface area (Å²) in [7, 11) is 1.56. The van der Waals surface area contributed by atoms with Crippen molar-refractivity contribution < 1.29 is 18.7 Å². The average Bonchev–Trinajstić information content (AvgIpc) is 2.85. The van der Waals surface area contributed by atoms with Gasteiger partial charge in [-0.3, -0.25) is 4.79 Å². The van der Waals surface area contributed by atoms with Crippen molar-refractivity contribution in [3.63, 3.8) is 0 Å². The molecule has 0 spiro atoms. The van der Waals surface area contributed by atoms with E-state index in [1.165, 1.54) is 4.90 Å². The van der Waals surface area contributed by atoms with Gasteiger partial charge in [-0.25, -0.2) is 9.59 Å². The second-order valence-electron chi connectivity index (χ2n) is 8.24. The summed E-state index contributed by atoms with van der Waals surface area (Å²) in [6, 6.07) is 24.8. The zero-order chi connectivity index (χ0) is 23.2. The molecule has 33 heavy (non-hydrogen) atoms. The number of esters is 1. The monoisotopic (exact) mass is 439 g/mol. The van der Waals surface area contributed by atoms with Crippen LogP contribution in [0.1, 0.15) is 34.3 Å². The van der Waals surface area contributed by atoms with E-state index in [0.717, 1.165) is 0 Å². The summed E-state index contributed by atoms with van der Waals surface area (Å²) in [5.74, 6) is -1.59. The Morgan fingerprint density at radius 2 is 1.48 bits per heavy atom. The number of amides is 1. The number of nitrogens with zero attached hydrogens (tertiary/aromatic N) is 1. The molecule has 2 atom stereocenters. The van der Waals surface area contributed by atoms with Crippen molar-refractivity contribution >= 4 is 22.8 Å². The number of benzene rings is 3. The molecule has 2 heterocycles. The van der Waals surface area contributed by atoms with Gasteiger partial charge in [0.05, 0.1) is 16.9 Å². The number of likely N-dealkylation sites (N-methyl/N-ethyl adjacent to an activating group) is 1. The van der Waals surface area contributed by atoms with Crippen molar-refractivity contribution in [3.05, 3.63) is 112 Å². The lowest BCUT2D eigenvalue weighted by Gasteiger charge is -2.45. The average molecular weight is 439 g/mol. The minimum atomic E-state index is -1.50. The summed E-state index contributed by atoms with van der Waals surface area (Å²) in [5, 5.41) is 0.528. The Kier molecular flexibility index (Phi) is 4.86. The van der Waals surface area contributed by atoms with Crippen molar-refractivity contribution in [2.75, 3.05) is 7.05 Å². The smallest absolute Gasteiger partial charge is 0.343 e. The number of para-hydroxylation sites is 1. The molecule has 1 aromatic heterocycles. The fourth-order valence-corrected chi connectivity index (χ4v) is 4.54. The third-order valence-corrected chi connectivity index (χ3v) is 6.41. The molecule has 1 aliphatic heterocycles. The molecule has 3 aromatic carbocycles. The van der Waals surface area contributed by atoms with Gasteiger partial charge >= 0.3 is 11.6 Å². The lowest BCUT2D eigenvalue weighted by molar-refractivity contribution is -0.148. The van der Waals surface area contributed by atoms with Gasteiger partial charge in [-0.2, -0.15) is 0 Å². The molecular formula is C27H21NO5. The Labute approximate surface area is 190 Å². The van der Waals surface area contributed by atoms with Crippen molar-refractivity contribution in [2.24, 2.45) is 0 Å². The predicted octanol–water partition coefficient (Wildman–Crippen LogP) is 4.37. The van der Waals surface area contributed by atoms with Crippen LogP contribution in [0.25, 0.3) is 11.0 Å². The molecule has 4 aromatic rings. The summed E-state index contributed by atoms with van der Waals surface area (Å²) in [5.41, 5.74) is -0.423. The number of rotatable bonds is 3. The van der Waals surface area contributed by atoms with Gasteiger partial charge in [-0.15, -0.1) is 0 Å². The van der Waals surface area contributed by atoms with E-state index in [1.807, 2.05) is 36.4 Å². The topological polar surface area (TPSA) is 76.8 Å². The molecule has 0 unspecified atom stereocenters. The summed E-state index contributed by atoms with van der Waals surface area (Å²) in [4.78, 5) is 41.7. The zero-order valence-corrected chi connectivity index (χ0v) is 18.1. The predicted molar refractivity (Wildman–Crippen MR) is 123 cm³/mol. The van der Waals surface area contributed by atoms with E-state index in [2.05, 4.69) is 0 Å². The molecule has 1 aliphatic rings. The van der Waals surface area contributed by atoms with E-state index in [1.54, 1.807) is 62.5 Å². The van der Waals surface area contributed by atoms with Gasteiger partial charge in [-0.1, -0.05) is 60.7 Å². The molecule has 1 amide bonds. The molecule has 5 rings (SSSR count). The minimum Gasteiger partial charge on any atom is -0.423 e. The first kappa shape index (κ1) is 20.7. The van der Waals surface area contributed by atoms with Gasteiger partial charge < -0.3 is 14.1 Å². The maximum absolute atomic E-state index is 13.6. The summed E-state index contributed by atoms with van der Waals surface area (Å²) in [6.07, 6.45) is 0. The molecule has 0 N–H and O–H groups in total. The standard InChI is InChI=1S/C27H21NO5/c1-27(28(2)24(29)18-13-7-4-8-14-18)22(17-11-5-3-6-12-17)21-23(33-26(27)31)19-15-9-10-16-20(19)32-25(21)30/h3-16,22H,1-2H3/t22-,27+/m0/s1. The van der Waals surface area contributed by atoms with Crippen LogP contribution in [-0.4, -0.2) is 29.4 Å². The van der Waals surface area contributed by atoms with Crippen LogP contribution in [-0.2, 0) is 4.79 Å². The number of fused-ring (bicyclic) bond motifs is 3. The van der Waals surface area contributed by atoms with E-state index in [0.29, 0.717) is 22.1 Å². The minimum absolute atomic E-state index is 0.179. The van der Waals surface area contributed by atoms with Crippen LogP contribution in [0.5, 0.6) is 5.75 Å². The third-order valence-electron chi connectivity index (χ3n) is 6.41. The first-order chi connectivity index (χ1) is 15.9. The van der Waals surface area contributed by atoms with E-state index >= 15 is 0 Å². The second-order valence-corrected chi connectivity index (χ2v) is 8.24. The lowest BCUT2D eigenvalue weighted by Crippen LogP contribution is -2.61. The van der Waals surface area contributed by atoms with Crippen molar-refractivity contribution in [1.82, 2.24) is 4.90 Å². The van der Waals surface area contributed by atoms with E-state index < -0.39 is 23.1 Å². The van der Waals surface area contributed by atoms with E-state index in [-0.39, 0.29) is 17.2 Å². The Morgan fingerprint density at radius 3 is 2.18 bits per heavy atom. The molecule has 6 nitrogen and oxygen atoms in total. The highest BCUT2D eigenvalue weighted by atomic mass is 16.5. The first-order valence-electron chi connectivity index (χ1n) is 10.6.